The van der Waals surface area contributed by atoms with E-state index in [1.54, 1.807) is 12.3 Å². The van der Waals surface area contributed by atoms with E-state index in [9.17, 15) is 4.79 Å². The van der Waals surface area contributed by atoms with Crippen molar-refractivity contribution >= 4 is 5.97 Å². The Labute approximate surface area is 113 Å². The van der Waals surface area contributed by atoms with Gasteiger partial charge in [0.15, 0.2) is 0 Å². The molecule has 0 N–H and O–H groups in total. The fourth-order valence-electron chi connectivity index (χ4n) is 3.63. The van der Waals surface area contributed by atoms with Crippen molar-refractivity contribution < 1.29 is 19.0 Å². The highest BCUT2D eigenvalue weighted by Crippen LogP contribution is 2.58. The summed E-state index contributed by atoms with van der Waals surface area (Å²) in [6.07, 6.45) is 12.4. The summed E-state index contributed by atoms with van der Waals surface area (Å²) >= 11 is 0. The molecule has 1 saturated heterocycles. The van der Waals surface area contributed by atoms with Crippen LogP contribution in [-0.4, -0.2) is 24.5 Å². The summed E-state index contributed by atoms with van der Waals surface area (Å²) in [7, 11) is 0. The van der Waals surface area contributed by atoms with E-state index in [4.69, 9.17) is 14.2 Å². The van der Waals surface area contributed by atoms with Crippen LogP contribution in [0.15, 0.2) is 24.5 Å². The third kappa shape index (κ3) is 1.98. The third-order valence-electron chi connectivity index (χ3n) is 4.53. The molecule has 4 nitrogen and oxygen atoms in total. The Morgan fingerprint density at radius 2 is 2.32 bits per heavy atom. The fourth-order valence-corrected chi connectivity index (χ4v) is 3.63. The van der Waals surface area contributed by atoms with Crippen LogP contribution >= 0.6 is 0 Å². The summed E-state index contributed by atoms with van der Waals surface area (Å²) in [4.78, 5) is 11.6. The molecule has 1 saturated carbocycles. The average Bonchev–Trinajstić information content (AvgIpc) is 2.63. The van der Waals surface area contributed by atoms with Gasteiger partial charge in [0.05, 0.1) is 12.9 Å². The van der Waals surface area contributed by atoms with Crippen molar-refractivity contribution in [3.63, 3.8) is 0 Å². The number of carbonyl (C=O) groups excluding carboxylic acids is 1. The van der Waals surface area contributed by atoms with E-state index >= 15 is 0 Å². The first-order chi connectivity index (χ1) is 9.20. The molecule has 0 aromatic rings. The van der Waals surface area contributed by atoms with Crippen molar-refractivity contribution in [1.82, 2.24) is 0 Å². The van der Waals surface area contributed by atoms with E-state index in [0.29, 0.717) is 6.61 Å². The van der Waals surface area contributed by atoms with Gasteiger partial charge in [-0.3, -0.25) is 0 Å². The molecule has 4 heteroatoms. The van der Waals surface area contributed by atoms with Crippen molar-refractivity contribution in [2.24, 2.45) is 5.41 Å². The second-order valence-electron chi connectivity index (χ2n) is 5.53. The van der Waals surface area contributed by atoms with Gasteiger partial charge in [0, 0.05) is 17.9 Å². The van der Waals surface area contributed by atoms with Crippen LogP contribution in [0.3, 0.4) is 0 Å². The maximum absolute atomic E-state index is 11.6. The van der Waals surface area contributed by atoms with Crippen molar-refractivity contribution in [1.29, 1.82) is 0 Å². The molecule has 1 aliphatic carbocycles. The van der Waals surface area contributed by atoms with E-state index in [0.717, 1.165) is 25.7 Å². The van der Waals surface area contributed by atoms with E-state index in [1.165, 1.54) is 6.42 Å². The number of fused-ring (bicyclic) bond motifs is 1. The predicted octanol–water partition coefficient (Wildman–Crippen LogP) is 2.70. The zero-order valence-corrected chi connectivity index (χ0v) is 11.3. The molecule has 2 aliphatic heterocycles. The van der Waals surface area contributed by atoms with Crippen LogP contribution in [0.2, 0.25) is 0 Å². The first-order valence-corrected chi connectivity index (χ1v) is 7.07. The molecule has 3 atom stereocenters. The predicted molar refractivity (Wildman–Crippen MR) is 69.1 cm³/mol. The fraction of sp³-hybridized carbons (Fsp3) is 0.667. The second kappa shape index (κ2) is 4.67. The van der Waals surface area contributed by atoms with Crippen molar-refractivity contribution in [3.8, 4) is 0 Å². The van der Waals surface area contributed by atoms with Crippen LogP contribution in [0, 0.1) is 5.41 Å². The number of carbonyl (C=O) groups is 1. The lowest BCUT2D eigenvalue weighted by Crippen LogP contribution is -2.45. The number of ether oxygens (including phenoxy) is 3. The molecular formula is C15H20O4. The van der Waals surface area contributed by atoms with E-state index < -0.39 is 0 Å². The highest BCUT2D eigenvalue weighted by atomic mass is 16.7. The van der Waals surface area contributed by atoms with Gasteiger partial charge in [-0.25, -0.2) is 4.79 Å². The number of hydrogen-bond donors (Lipinski definition) is 0. The lowest BCUT2D eigenvalue weighted by atomic mass is 9.63. The van der Waals surface area contributed by atoms with Gasteiger partial charge < -0.3 is 14.2 Å². The second-order valence-corrected chi connectivity index (χ2v) is 5.53. The van der Waals surface area contributed by atoms with Crippen molar-refractivity contribution in [2.75, 3.05) is 6.61 Å². The molecule has 104 valence electrons. The Balaban J connectivity index is 1.87. The van der Waals surface area contributed by atoms with Gasteiger partial charge in [-0.15, -0.1) is 0 Å². The number of esters is 1. The topological polar surface area (TPSA) is 44.8 Å². The zero-order chi connectivity index (χ0) is 13.3. The summed E-state index contributed by atoms with van der Waals surface area (Å²) < 4.78 is 16.5. The Hall–Kier alpha value is -1.29. The van der Waals surface area contributed by atoms with Crippen molar-refractivity contribution in [2.45, 2.75) is 50.9 Å². The highest BCUT2D eigenvalue weighted by Gasteiger charge is 2.59. The van der Waals surface area contributed by atoms with E-state index in [1.807, 2.05) is 19.1 Å². The van der Waals surface area contributed by atoms with Gasteiger partial charge >= 0.3 is 5.97 Å². The highest BCUT2D eigenvalue weighted by molar-refractivity contribution is 5.82. The van der Waals surface area contributed by atoms with Gasteiger partial charge in [-0.1, -0.05) is 18.9 Å². The normalized spacial score (nSPS) is 39.9. The first-order valence-electron chi connectivity index (χ1n) is 7.07. The molecule has 0 radical (unpaired) electrons. The molecule has 2 heterocycles. The van der Waals surface area contributed by atoms with Crippen LogP contribution in [-0.2, 0) is 19.0 Å². The summed E-state index contributed by atoms with van der Waals surface area (Å²) in [5.74, 6) is -0.274. The van der Waals surface area contributed by atoms with Gasteiger partial charge in [-0.2, -0.15) is 0 Å². The summed E-state index contributed by atoms with van der Waals surface area (Å²) in [5, 5.41) is 0. The molecule has 3 rings (SSSR count). The van der Waals surface area contributed by atoms with Crippen LogP contribution < -0.4 is 0 Å². The molecule has 0 unspecified atom stereocenters. The van der Waals surface area contributed by atoms with E-state index in [-0.39, 0.29) is 23.3 Å². The third-order valence-corrected chi connectivity index (χ3v) is 4.53. The van der Waals surface area contributed by atoms with Gasteiger partial charge in [0.25, 0.3) is 0 Å². The minimum absolute atomic E-state index is 0.115. The quantitative estimate of drug-likeness (QED) is 0.580. The van der Waals surface area contributed by atoms with Crippen LogP contribution in [0.25, 0.3) is 0 Å². The van der Waals surface area contributed by atoms with Gasteiger partial charge in [0.2, 0.25) is 6.29 Å². The maximum Gasteiger partial charge on any atom is 0.330 e. The Kier molecular flexibility index (Phi) is 3.13. The lowest BCUT2D eigenvalue weighted by Gasteiger charge is -2.44. The molecule has 0 amide bonds. The first kappa shape index (κ1) is 12.7. The Bertz CT molecular complexity index is 428. The average molecular weight is 264 g/mol. The monoisotopic (exact) mass is 264 g/mol. The van der Waals surface area contributed by atoms with Crippen LogP contribution in [0.5, 0.6) is 0 Å². The molecular weight excluding hydrogens is 244 g/mol. The molecule has 1 spiro atoms. The van der Waals surface area contributed by atoms with Gasteiger partial charge in [0.1, 0.15) is 5.60 Å². The minimum atomic E-state index is -0.281. The molecule has 0 aromatic carbocycles. The summed E-state index contributed by atoms with van der Waals surface area (Å²) in [6.45, 7) is 2.22. The molecule has 3 aliphatic rings. The van der Waals surface area contributed by atoms with E-state index in [2.05, 4.69) is 0 Å². The smallest absolute Gasteiger partial charge is 0.330 e. The molecule has 19 heavy (non-hydrogen) atoms. The number of hydrogen-bond acceptors (Lipinski definition) is 4. The largest absolute Gasteiger partial charge is 0.473 e. The number of rotatable bonds is 3. The van der Waals surface area contributed by atoms with Crippen molar-refractivity contribution in [3.05, 3.63) is 24.5 Å². The summed E-state index contributed by atoms with van der Waals surface area (Å²) in [5.41, 5.74) is -0.396. The summed E-state index contributed by atoms with van der Waals surface area (Å²) in [6, 6.07) is 0. The molecule has 2 fully saturated rings. The SMILES string of the molecule is CCOC(=O)/C=C/[C@@]12CCCC[C@@]13C=CO[C@@H](C2)O3. The maximum atomic E-state index is 11.6. The Morgan fingerprint density at radius 3 is 3.16 bits per heavy atom. The lowest BCUT2D eigenvalue weighted by molar-refractivity contribution is -0.157. The Morgan fingerprint density at radius 1 is 1.47 bits per heavy atom. The van der Waals surface area contributed by atoms with Gasteiger partial charge in [-0.05, 0) is 25.8 Å². The molecule has 0 aromatic heterocycles. The van der Waals surface area contributed by atoms with Crippen LogP contribution in [0.4, 0.5) is 0 Å². The van der Waals surface area contributed by atoms with Crippen LogP contribution in [0.1, 0.15) is 39.0 Å². The minimum Gasteiger partial charge on any atom is -0.473 e. The molecule has 2 bridgehead atoms. The zero-order valence-electron chi connectivity index (χ0n) is 11.3. The standard InChI is InChI=1S/C15H20O4/c1-2-17-12(16)5-8-14-6-3-4-7-15(14)9-10-18-13(11-14)19-15/h5,8-10,13H,2-4,6-7,11H2,1H3/b8-5+/t13-,14-,15-/m1/s1.